The summed E-state index contributed by atoms with van der Waals surface area (Å²) in [6, 6.07) is 78.3. The lowest BCUT2D eigenvalue weighted by atomic mass is 9.97. The minimum Gasteiger partial charge on any atom is -0.491 e. The molecule has 0 bridgehead atoms. The Morgan fingerprint density at radius 3 is 1.04 bits per heavy atom. The summed E-state index contributed by atoms with van der Waals surface area (Å²) in [4.78, 5) is 0. The average molecular weight is 1120 g/mol. The van der Waals surface area contributed by atoms with Gasteiger partial charge in [0.25, 0.3) is 0 Å². The summed E-state index contributed by atoms with van der Waals surface area (Å²) in [5.74, 6) is 0.403. The van der Waals surface area contributed by atoms with Crippen LogP contribution in [-0.2, 0) is 110 Å². The molecule has 0 unspecified atom stereocenters. The number of benzene rings is 8. The molecule has 12 heteroatoms. The van der Waals surface area contributed by atoms with Gasteiger partial charge in [-0.15, -0.1) is 0 Å². The van der Waals surface area contributed by atoms with Gasteiger partial charge in [0, 0.05) is 12.7 Å². The van der Waals surface area contributed by atoms with E-state index >= 15 is 0 Å². The lowest BCUT2D eigenvalue weighted by Crippen LogP contribution is -2.61. The van der Waals surface area contributed by atoms with Gasteiger partial charge in [0.05, 0.1) is 59.5 Å². The predicted molar refractivity (Wildman–Crippen MR) is 317 cm³/mol. The van der Waals surface area contributed by atoms with Crippen molar-refractivity contribution in [2.75, 3.05) is 20.3 Å². The number of rotatable bonds is 30. The molecule has 2 heterocycles. The van der Waals surface area contributed by atoms with Gasteiger partial charge in [-0.25, -0.2) is 0 Å². The van der Waals surface area contributed by atoms with E-state index in [9.17, 15) is 0 Å². The smallest absolute Gasteiger partial charge is 0.187 e. The van der Waals surface area contributed by atoms with E-state index in [1.807, 2.05) is 237 Å². The first kappa shape index (κ1) is 59.0. The molecule has 0 aromatic heterocycles. The summed E-state index contributed by atoms with van der Waals surface area (Å²) in [5.41, 5.74) is 8.56. The molecule has 83 heavy (non-hydrogen) atoms. The van der Waals surface area contributed by atoms with Crippen molar-refractivity contribution in [3.63, 3.8) is 0 Å². The Hall–Kier alpha value is -7.14. The quantitative estimate of drug-likeness (QED) is 0.0400. The molecular formula is C71H74O12. The van der Waals surface area contributed by atoms with Gasteiger partial charge in [-0.1, -0.05) is 243 Å². The van der Waals surface area contributed by atoms with E-state index < -0.39 is 61.4 Å². The SMILES string of the molecule is C=C(OC[C@H]1O[C@H](OC)[C@H](OCc2ccccc2)[C@@H](OCc2ccccc2)[C@@H]1OCc1ccccc1)c1ccccc1CO[C@H]1O[C@H](COCc2ccccc2)[C@@H](OCc2ccccc2)[C@H](OCc2ccccc2)[C@@H]1OCc1ccccc1. The molecular weight excluding hydrogens is 1040 g/mol. The van der Waals surface area contributed by atoms with Gasteiger partial charge in [-0.05, 0) is 44.5 Å². The van der Waals surface area contributed by atoms with Crippen molar-refractivity contribution in [1.29, 1.82) is 0 Å². The zero-order valence-corrected chi connectivity index (χ0v) is 47.0. The normalized spacial score (nSPS) is 22.4. The average Bonchev–Trinajstić information content (AvgIpc) is 3.73. The van der Waals surface area contributed by atoms with Crippen LogP contribution in [0.1, 0.15) is 50.1 Å². The van der Waals surface area contributed by atoms with E-state index in [1.54, 1.807) is 7.11 Å². The van der Waals surface area contributed by atoms with Crippen LogP contribution < -0.4 is 0 Å². The number of ether oxygens (including phenoxy) is 12. The first-order chi connectivity index (χ1) is 41.0. The maximum Gasteiger partial charge on any atom is 0.187 e. The van der Waals surface area contributed by atoms with E-state index in [4.69, 9.17) is 56.8 Å². The minimum absolute atomic E-state index is 0.0422. The van der Waals surface area contributed by atoms with Gasteiger partial charge in [0.15, 0.2) is 12.6 Å². The molecule has 12 nitrogen and oxygen atoms in total. The first-order valence-corrected chi connectivity index (χ1v) is 28.4. The third kappa shape index (κ3) is 17.2. The molecule has 10 atom stereocenters. The van der Waals surface area contributed by atoms with Crippen molar-refractivity contribution in [2.24, 2.45) is 0 Å². The Morgan fingerprint density at radius 1 is 0.325 bits per heavy atom. The molecule has 8 aromatic carbocycles. The molecule has 0 aliphatic carbocycles. The van der Waals surface area contributed by atoms with Crippen LogP contribution in [0.2, 0.25) is 0 Å². The van der Waals surface area contributed by atoms with E-state index in [1.165, 1.54) is 0 Å². The summed E-state index contributed by atoms with van der Waals surface area (Å²) in [6.45, 7) is 6.96. The standard InChI is InChI=1S/C71H74O12/c1-52(74-51-63-65(76-44-55-30-14-5-15-31-55)66(77-45-56-32-16-6-17-33-56)68(70(72-2)82-63)79-47-58-36-20-8-21-37-58)61-41-25-24-40-60(61)49-81-71-69(80-48-59-38-22-9-23-39-59)67(78-46-57-34-18-7-19-35-57)64(75-43-54-28-12-4-13-29-54)62(83-71)50-73-42-53-26-10-3-11-27-53/h3-41,62-71H,1,42-51H2,2H3/t62-,63-,64-,65-,66+,67+,68-,69+,70+,71+/m1/s1. The van der Waals surface area contributed by atoms with E-state index in [-0.39, 0.29) is 33.0 Å². The molecule has 2 fully saturated rings. The van der Waals surface area contributed by atoms with Crippen molar-refractivity contribution in [3.05, 3.63) is 293 Å². The minimum atomic E-state index is -0.947. The van der Waals surface area contributed by atoms with Crippen molar-refractivity contribution < 1.29 is 56.8 Å². The Morgan fingerprint density at radius 2 is 0.639 bits per heavy atom. The molecule has 10 rings (SSSR count). The molecule has 0 saturated carbocycles. The molecule has 0 N–H and O–H groups in total. The van der Waals surface area contributed by atoms with Gasteiger partial charge < -0.3 is 56.8 Å². The summed E-state index contributed by atoms with van der Waals surface area (Å²) in [5, 5.41) is 0. The van der Waals surface area contributed by atoms with Crippen LogP contribution in [-0.4, -0.2) is 81.7 Å². The first-order valence-electron chi connectivity index (χ1n) is 28.4. The summed E-state index contributed by atoms with van der Waals surface area (Å²) >= 11 is 0. The van der Waals surface area contributed by atoms with Crippen LogP contribution in [0.25, 0.3) is 5.76 Å². The number of methoxy groups -OCH3 is 1. The molecule has 2 aliphatic rings. The van der Waals surface area contributed by atoms with Crippen LogP contribution in [0.4, 0.5) is 0 Å². The van der Waals surface area contributed by atoms with Crippen LogP contribution in [0.15, 0.2) is 243 Å². The summed E-state index contributed by atoms with van der Waals surface area (Å²) in [7, 11) is 1.61. The highest BCUT2D eigenvalue weighted by atomic mass is 16.7. The molecule has 430 valence electrons. The van der Waals surface area contributed by atoms with Crippen molar-refractivity contribution >= 4 is 5.76 Å². The molecule has 2 aliphatic heterocycles. The second kappa shape index (κ2) is 31.5. The topological polar surface area (TPSA) is 111 Å². The second-order valence-corrected chi connectivity index (χ2v) is 20.6. The third-order valence-corrected chi connectivity index (χ3v) is 14.7. The number of hydrogen-bond acceptors (Lipinski definition) is 12. The Labute approximate surface area is 488 Å². The monoisotopic (exact) mass is 1120 g/mol. The van der Waals surface area contributed by atoms with Crippen LogP contribution >= 0.6 is 0 Å². The van der Waals surface area contributed by atoms with Crippen LogP contribution in [0.5, 0.6) is 0 Å². The third-order valence-electron chi connectivity index (χ3n) is 14.7. The largest absolute Gasteiger partial charge is 0.491 e. The van der Waals surface area contributed by atoms with Crippen molar-refractivity contribution in [2.45, 2.75) is 114 Å². The van der Waals surface area contributed by atoms with Gasteiger partial charge >= 0.3 is 0 Å². The highest BCUT2D eigenvalue weighted by Gasteiger charge is 2.51. The van der Waals surface area contributed by atoms with Gasteiger partial charge in [0.1, 0.15) is 61.2 Å². The van der Waals surface area contributed by atoms with Gasteiger partial charge in [0.2, 0.25) is 0 Å². The van der Waals surface area contributed by atoms with Gasteiger partial charge in [-0.2, -0.15) is 0 Å². The summed E-state index contributed by atoms with van der Waals surface area (Å²) < 4.78 is 81.4. The van der Waals surface area contributed by atoms with E-state index in [0.29, 0.717) is 38.8 Å². The molecule has 0 spiro atoms. The summed E-state index contributed by atoms with van der Waals surface area (Å²) in [6.07, 6.45) is -7.16. The maximum absolute atomic E-state index is 7.06. The van der Waals surface area contributed by atoms with Crippen LogP contribution in [0, 0.1) is 0 Å². The lowest BCUT2D eigenvalue weighted by Gasteiger charge is -2.46. The lowest BCUT2D eigenvalue weighted by molar-refractivity contribution is -0.330. The fraction of sp³-hybridized carbons (Fsp3) is 0.296. The fourth-order valence-corrected chi connectivity index (χ4v) is 10.3. The second-order valence-electron chi connectivity index (χ2n) is 20.6. The molecule has 0 radical (unpaired) electrons. The van der Waals surface area contributed by atoms with E-state index in [2.05, 4.69) is 6.58 Å². The van der Waals surface area contributed by atoms with Crippen molar-refractivity contribution in [3.8, 4) is 0 Å². The molecule has 8 aromatic rings. The van der Waals surface area contributed by atoms with Crippen molar-refractivity contribution in [1.82, 2.24) is 0 Å². The predicted octanol–water partition coefficient (Wildman–Crippen LogP) is 13.0. The Balaban J connectivity index is 0.909. The Bertz CT molecular complexity index is 3090. The molecule has 2 saturated heterocycles. The zero-order valence-electron chi connectivity index (χ0n) is 47.0. The van der Waals surface area contributed by atoms with Gasteiger partial charge in [-0.3, -0.25) is 0 Å². The highest BCUT2D eigenvalue weighted by molar-refractivity contribution is 5.61. The fourth-order valence-electron chi connectivity index (χ4n) is 10.3. The Kier molecular flexibility index (Phi) is 22.4. The van der Waals surface area contributed by atoms with Crippen LogP contribution in [0.3, 0.4) is 0 Å². The molecule has 0 amide bonds. The maximum atomic E-state index is 7.06. The van der Waals surface area contributed by atoms with E-state index in [0.717, 1.165) is 50.1 Å². The zero-order chi connectivity index (χ0) is 56.7. The highest BCUT2D eigenvalue weighted by Crippen LogP contribution is 2.35. The number of hydrogen-bond donors (Lipinski definition) is 0.